The van der Waals surface area contributed by atoms with Crippen molar-refractivity contribution in [1.29, 1.82) is 0 Å². The maximum Gasteiger partial charge on any atom is 0.330 e. The quantitative estimate of drug-likeness (QED) is 0.776. The molecule has 0 aromatic heterocycles. The van der Waals surface area contributed by atoms with Crippen LogP contribution in [0.3, 0.4) is 0 Å². The zero-order valence-electron chi connectivity index (χ0n) is 10.9. The first-order valence-corrected chi connectivity index (χ1v) is 6.92. The second-order valence-corrected chi connectivity index (χ2v) is 5.56. The maximum atomic E-state index is 5.92. The predicted octanol–water partition coefficient (Wildman–Crippen LogP) is 3.46. The van der Waals surface area contributed by atoms with Crippen molar-refractivity contribution in [2.24, 2.45) is 0 Å². The topological polar surface area (TPSA) is 9.23 Å². The van der Waals surface area contributed by atoms with Crippen LogP contribution in [-0.2, 0) is 17.7 Å². The van der Waals surface area contributed by atoms with Crippen LogP contribution in [0.15, 0.2) is 42.5 Å². The number of rotatable bonds is 3. The average Bonchev–Trinajstić information content (AvgIpc) is 2.87. The molecule has 0 bridgehead atoms. The maximum absolute atomic E-state index is 5.92. The van der Waals surface area contributed by atoms with Crippen molar-refractivity contribution in [3.63, 3.8) is 0 Å². The van der Waals surface area contributed by atoms with Gasteiger partial charge in [-0.05, 0) is 46.6 Å². The molecule has 1 aliphatic rings. The third kappa shape index (κ3) is 2.85. The lowest BCUT2D eigenvalue weighted by molar-refractivity contribution is 0.345. The van der Waals surface area contributed by atoms with Crippen molar-refractivity contribution >= 4 is 24.5 Å². The second kappa shape index (κ2) is 5.40. The highest BCUT2D eigenvalue weighted by Crippen LogP contribution is 2.22. The minimum atomic E-state index is 0.484. The van der Waals surface area contributed by atoms with E-state index in [0.717, 1.165) is 11.4 Å². The molecule has 1 unspecified atom stereocenters. The summed E-state index contributed by atoms with van der Waals surface area (Å²) in [5.41, 5.74) is 5.18. The third-order valence-electron chi connectivity index (χ3n) is 3.64. The van der Waals surface area contributed by atoms with Crippen LogP contribution in [0.5, 0.6) is 0 Å². The molecule has 3 heteroatoms. The van der Waals surface area contributed by atoms with Gasteiger partial charge < -0.3 is 4.65 Å². The Hall–Kier alpha value is -1.25. The van der Waals surface area contributed by atoms with Crippen LogP contribution in [0, 0.1) is 0 Å². The summed E-state index contributed by atoms with van der Waals surface area (Å²) in [5, 5.41) is 0.792. The van der Waals surface area contributed by atoms with Gasteiger partial charge >= 0.3 is 7.48 Å². The Labute approximate surface area is 119 Å². The van der Waals surface area contributed by atoms with Gasteiger partial charge in [-0.15, -0.1) is 0 Å². The summed E-state index contributed by atoms with van der Waals surface area (Å²) in [7, 11) is 1.85. The van der Waals surface area contributed by atoms with E-state index in [9.17, 15) is 0 Å². The zero-order chi connectivity index (χ0) is 13.2. The molecule has 2 aromatic carbocycles. The molecule has 0 N–H and O–H groups in total. The third-order valence-corrected chi connectivity index (χ3v) is 3.89. The highest BCUT2D eigenvalue weighted by molar-refractivity contribution is 6.48. The van der Waals surface area contributed by atoms with Crippen LogP contribution in [0.1, 0.15) is 29.5 Å². The van der Waals surface area contributed by atoms with Crippen LogP contribution in [-0.4, -0.2) is 7.48 Å². The minimum Gasteiger partial charge on any atom is -0.430 e. The van der Waals surface area contributed by atoms with Crippen molar-refractivity contribution in [3.8, 4) is 0 Å². The molecule has 1 nitrogen and oxygen atoms in total. The molecule has 0 fully saturated rings. The molecule has 1 aliphatic heterocycles. The van der Waals surface area contributed by atoms with Crippen molar-refractivity contribution in [2.75, 3.05) is 0 Å². The molecule has 1 radical (unpaired) electrons. The van der Waals surface area contributed by atoms with E-state index in [4.69, 9.17) is 16.3 Å². The van der Waals surface area contributed by atoms with Crippen molar-refractivity contribution < 1.29 is 4.65 Å². The zero-order valence-corrected chi connectivity index (χ0v) is 11.7. The molecule has 3 rings (SSSR count). The van der Waals surface area contributed by atoms with E-state index in [1.165, 1.54) is 22.2 Å². The Kier molecular flexibility index (Phi) is 3.63. The smallest absolute Gasteiger partial charge is 0.330 e. The first kappa shape index (κ1) is 12.8. The largest absolute Gasteiger partial charge is 0.430 e. The highest BCUT2D eigenvalue weighted by Gasteiger charge is 2.14. The first-order valence-electron chi connectivity index (χ1n) is 6.54. The lowest BCUT2D eigenvalue weighted by Crippen LogP contribution is -2.13. The van der Waals surface area contributed by atoms with E-state index in [2.05, 4.69) is 37.3 Å². The van der Waals surface area contributed by atoms with Crippen LogP contribution in [0.4, 0.5) is 0 Å². The van der Waals surface area contributed by atoms with Gasteiger partial charge in [0, 0.05) is 5.02 Å². The van der Waals surface area contributed by atoms with Crippen molar-refractivity contribution in [3.05, 3.63) is 64.2 Å². The molecule has 0 saturated heterocycles. The minimum absolute atomic E-state index is 0.484. The van der Waals surface area contributed by atoms with E-state index in [-0.39, 0.29) is 0 Å². The number of fused-ring (bicyclic) bond motifs is 1. The van der Waals surface area contributed by atoms with Gasteiger partial charge in [-0.25, -0.2) is 0 Å². The van der Waals surface area contributed by atoms with Gasteiger partial charge in [0.25, 0.3) is 0 Å². The molecule has 0 aliphatic carbocycles. The molecule has 95 valence electrons. The summed E-state index contributed by atoms with van der Waals surface area (Å²) >= 11 is 5.92. The summed E-state index contributed by atoms with van der Waals surface area (Å²) < 4.78 is 5.33. The molecule has 0 amide bonds. The molecular weight excluding hydrogens is 254 g/mol. The van der Waals surface area contributed by atoms with Gasteiger partial charge in [-0.1, -0.05) is 48.9 Å². The van der Waals surface area contributed by atoms with Gasteiger partial charge in [0.2, 0.25) is 0 Å². The summed E-state index contributed by atoms with van der Waals surface area (Å²) in [5.74, 6) is 0.484. The van der Waals surface area contributed by atoms with E-state index >= 15 is 0 Å². The Morgan fingerprint density at radius 1 is 1.21 bits per heavy atom. The van der Waals surface area contributed by atoms with Crippen molar-refractivity contribution in [1.82, 2.24) is 0 Å². The van der Waals surface area contributed by atoms with Gasteiger partial charge in [0.1, 0.15) is 0 Å². The van der Waals surface area contributed by atoms with Gasteiger partial charge in [-0.2, -0.15) is 0 Å². The predicted molar refractivity (Wildman–Crippen MR) is 80.2 cm³/mol. The first-order chi connectivity index (χ1) is 9.22. The van der Waals surface area contributed by atoms with Crippen molar-refractivity contribution in [2.45, 2.75) is 25.9 Å². The lowest BCUT2D eigenvalue weighted by Gasteiger charge is -2.13. The van der Waals surface area contributed by atoms with Crippen LogP contribution < -0.4 is 5.46 Å². The molecule has 19 heavy (non-hydrogen) atoms. The number of hydrogen-bond donors (Lipinski definition) is 0. The monoisotopic (exact) mass is 269 g/mol. The molecule has 1 heterocycles. The summed E-state index contributed by atoms with van der Waals surface area (Å²) in [6.07, 6.45) is 1.03. The summed E-state index contributed by atoms with van der Waals surface area (Å²) in [6, 6.07) is 14.7. The Morgan fingerprint density at radius 2 is 2.00 bits per heavy atom. The molecule has 1 atom stereocenters. The fourth-order valence-corrected chi connectivity index (χ4v) is 2.62. The standard InChI is InChI=1S/C16H15BClO/c1-11(13-4-6-15(18)7-5-13)8-12-2-3-14-10-19-17-16(14)9-12/h2-7,9,11H,8,10H2,1H3. The summed E-state index contributed by atoms with van der Waals surface area (Å²) in [4.78, 5) is 0. The number of halogens is 1. The number of hydrogen-bond acceptors (Lipinski definition) is 1. The highest BCUT2D eigenvalue weighted by atomic mass is 35.5. The van der Waals surface area contributed by atoms with Gasteiger partial charge in [0.15, 0.2) is 0 Å². The fraction of sp³-hybridized carbons (Fsp3) is 0.250. The summed E-state index contributed by atoms with van der Waals surface area (Å²) in [6.45, 7) is 2.96. The lowest BCUT2D eigenvalue weighted by atomic mass is 9.84. The average molecular weight is 270 g/mol. The van der Waals surface area contributed by atoms with E-state index in [1.807, 2.05) is 19.6 Å². The van der Waals surface area contributed by atoms with E-state index in [0.29, 0.717) is 12.5 Å². The molecule has 0 spiro atoms. The Morgan fingerprint density at radius 3 is 2.79 bits per heavy atom. The second-order valence-electron chi connectivity index (χ2n) is 5.12. The Bertz CT molecular complexity index is 580. The van der Waals surface area contributed by atoms with Crippen LogP contribution in [0.2, 0.25) is 5.02 Å². The fourth-order valence-electron chi connectivity index (χ4n) is 2.50. The van der Waals surface area contributed by atoms with E-state index < -0.39 is 0 Å². The van der Waals surface area contributed by atoms with Crippen LogP contribution >= 0.6 is 11.6 Å². The molecule has 0 saturated carbocycles. The molecular formula is C16H15BClO. The van der Waals surface area contributed by atoms with E-state index in [1.54, 1.807) is 0 Å². The van der Waals surface area contributed by atoms with Gasteiger partial charge in [-0.3, -0.25) is 0 Å². The Balaban J connectivity index is 1.75. The number of benzene rings is 2. The molecule has 2 aromatic rings. The van der Waals surface area contributed by atoms with Gasteiger partial charge in [0.05, 0.1) is 6.61 Å². The normalized spacial score (nSPS) is 14.8. The van der Waals surface area contributed by atoms with Crippen LogP contribution in [0.25, 0.3) is 0 Å². The SMILES string of the molecule is CC(Cc1ccc2c(c1)[B]OC2)c1ccc(Cl)cc1.